The van der Waals surface area contributed by atoms with Crippen LogP contribution in [-0.4, -0.2) is 19.1 Å². The SMILES string of the molecule is Cc1ccc(CCC(=O)NCCOc2cccc(N)c2)cc1. The van der Waals surface area contributed by atoms with Crippen LogP contribution in [0, 0.1) is 6.92 Å². The van der Waals surface area contributed by atoms with E-state index in [0.29, 0.717) is 31.0 Å². The summed E-state index contributed by atoms with van der Waals surface area (Å²) >= 11 is 0. The zero-order chi connectivity index (χ0) is 15.8. The lowest BCUT2D eigenvalue weighted by Gasteiger charge is -2.08. The normalized spacial score (nSPS) is 10.2. The van der Waals surface area contributed by atoms with E-state index in [2.05, 4.69) is 36.5 Å². The minimum absolute atomic E-state index is 0.0387. The van der Waals surface area contributed by atoms with Gasteiger partial charge >= 0.3 is 0 Å². The summed E-state index contributed by atoms with van der Waals surface area (Å²) in [5.74, 6) is 0.755. The van der Waals surface area contributed by atoms with Crippen molar-refractivity contribution >= 4 is 11.6 Å². The van der Waals surface area contributed by atoms with E-state index in [1.807, 2.05) is 12.1 Å². The average molecular weight is 298 g/mol. The van der Waals surface area contributed by atoms with Crippen molar-refractivity contribution in [3.8, 4) is 5.75 Å². The summed E-state index contributed by atoms with van der Waals surface area (Å²) in [6.45, 7) is 2.97. The van der Waals surface area contributed by atoms with E-state index >= 15 is 0 Å². The molecular formula is C18H22N2O2. The molecule has 0 heterocycles. The lowest BCUT2D eigenvalue weighted by atomic mass is 10.1. The summed E-state index contributed by atoms with van der Waals surface area (Å²) in [5, 5.41) is 2.85. The molecule has 0 saturated heterocycles. The summed E-state index contributed by atoms with van der Waals surface area (Å²) in [6, 6.07) is 15.5. The smallest absolute Gasteiger partial charge is 0.220 e. The van der Waals surface area contributed by atoms with Crippen molar-refractivity contribution in [2.24, 2.45) is 0 Å². The molecule has 0 unspecified atom stereocenters. The van der Waals surface area contributed by atoms with Crippen LogP contribution in [0.15, 0.2) is 48.5 Å². The highest BCUT2D eigenvalue weighted by molar-refractivity contribution is 5.76. The minimum Gasteiger partial charge on any atom is -0.492 e. The standard InChI is InChI=1S/C18H22N2O2/c1-14-5-7-15(8-6-14)9-10-18(21)20-11-12-22-17-4-2-3-16(19)13-17/h2-8,13H,9-12,19H2,1H3,(H,20,21). The van der Waals surface area contributed by atoms with Gasteiger partial charge in [0.05, 0.1) is 6.54 Å². The van der Waals surface area contributed by atoms with Crippen molar-refractivity contribution in [3.63, 3.8) is 0 Å². The molecule has 0 fully saturated rings. The van der Waals surface area contributed by atoms with Crippen LogP contribution in [0.4, 0.5) is 5.69 Å². The van der Waals surface area contributed by atoms with Crippen LogP contribution in [0.3, 0.4) is 0 Å². The fourth-order valence-electron chi connectivity index (χ4n) is 2.06. The highest BCUT2D eigenvalue weighted by Gasteiger charge is 2.02. The number of hydrogen-bond donors (Lipinski definition) is 2. The molecule has 0 aliphatic heterocycles. The fourth-order valence-corrected chi connectivity index (χ4v) is 2.06. The molecule has 0 aliphatic rings. The molecule has 3 N–H and O–H groups in total. The molecule has 0 atom stereocenters. The number of hydrogen-bond acceptors (Lipinski definition) is 3. The quantitative estimate of drug-likeness (QED) is 0.610. The van der Waals surface area contributed by atoms with E-state index in [4.69, 9.17) is 10.5 Å². The monoisotopic (exact) mass is 298 g/mol. The number of anilines is 1. The van der Waals surface area contributed by atoms with Gasteiger partial charge in [0.1, 0.15) is 12.4 Å². The molecule has 116 valence electrons. The number of carbonyl (C=O) groups is 1. The second-order valence-electron chi connectivity index (χ2n) is 5.26. The number of nitrogens with two attached hydrogens (primary N) is 1. The maximum absolute atomic E-state index is 11.8. The van der Waals surface area contributed by atoms with Crippen LogP contribution in [0.1, 0.15) is 17.5 Å². The molecule has 22 heavy (non-hydrogen) atoms. The Bertz CT molecular complexity index is 609. The molecule has 2 aromatic rings. The maximum Gasteiger partial charge on any atom is 0.220 e. The molecule has 0 spiro atoms. The number of ether oxygens (including phenoxy) is 1. The van der Waals surface area contributed by atoms with Gasteiger partial charge in [-0.2, -0.15) is 0 Å². The highest BCUT2D eigenvalue weighted by Crippen LogP contribution is 2.13. The Hall–Kier alpha value is -2.49. The summed E-state index contributed by atoms with van der Waals surface area (Å²) in [6.07, 6.45) is 1.24. The topological polar surface area (TPSA) is 64.3 Å². The van der Waals surface area contributed by atoms with Crippen LogP contribution in [-0.2, 0) is 11.2 Å². The summed E-state index contributed by atoms with van der Waals surface area (Å²) in [7, 11) is 0. The predicted octanol–water partition coefficient (Wildman–Crippen LogP) is 2.71. The van der Waals surface area contributed by atoms with Crippen molar-refractivity contribution in [1.82, 2.24) is 5.32 Å². The molecule has 0 radical (unpaired) electrons. The Morgan fingerprint density at radius 1 is 1.18 bits per heavy atom. The Morgan fingerprint density at radius 2 is 1.95 bits per heavy atom. The molecule has 4 heteroatoms. The third-order valence-corrected chi connectivity index (χ3v) is 3.31. The van der Waals surface area contributed by atoms with Gasteiger partial charge in [-0.05, 0) is 31.0 Å². The number of benzene rings is 2. The molecule has 0 aliphatic carbocycles. The largest absolute Gasteiger partial charge is 0.492 e. The van der Waals surface area contributed by atoms with Gasteiger partial charge in [-0.15, -0.1) is 0 Å². The highest BCUT2D eigenvalue weighted by atomic mass is 16.5. The van der Waals surface area contributed by atoms with Gasteiger partial charge in [0.25, 0.3) is 0 Å². The van der Waals surface area contributed by atoms with E-state index in [9.17, 15) is 4.79 Å². The van der Waals surface area contributed by atoms with E-state index in [1.165, 1.54) is 11.1 Å². The van der Waals surface area contributed by atoms with Crippen LogP contribution >= 0.6 is 0 Å². The Morgan fingerprint density at radius 3 is 2.68 bits per heavy atom. The van der Waals surface area contributed by atoms with Gasteiger partial charge in [0.2, 0.25) is 5.91 Å². The first-order valence-corrected chi connectivity index (χ1v) is 7.44. The third-order valence-electron chi connectivity index (χ3n) is 3.31. The number of nitrogen functional groups attached to an aromatic ring is 1. The van der Waals surface area contributed by atoms with Gasteiger partial charge in [-0.25, -0.2) is 0 Å². The number of rotatable bonds is 7. The number of nitrogens with one attached hydrogen (secondary N) is 1. The van der Waals surface area contributed by atoms with E-state index in [0.717, 1.165) is 6.42 Å². The van der Waals surface area contributed by atoms with Crippen molar-refractivity contribution < 1.29 is 9.53 Å². The van der Waals surface area contributed by atoms with E-state index < -0.39 is 0 Å². The lowest BCUT2D eigenvalue weighted by molar-refractivity contribution is -0.121. The van der Waals surface area contributed by atoms with Gasteiger partial charge < -0.3 is 15.8 Å². The first-order valence-electron chi connectivity index (χ1n) is 7.44. The second-order valence-corrected chi connectivity index (χ2v) is 5.26. The third kappa shape index (κ3) is 5.48. The molecule has 1 amide bonds. The van der Waals surface area contributed by atoms with Gasteiger partial charge in [0.15, 0.2) is 0 Å². The number of aryl methyl sites for hydroxylation is 2. The second kappa shape index (κ2) is 8.08. The molecular weight excluding hydrogens is 276 g/mol. The lowest BCUT2D eigenvalue weighted by Crippen LogP contribution is -2.28. The number of carbonyl (C=O) groups excluding carboxylic acids is 1. The Labute approximate surface area is 131 Å². The molecule has 2 aromatic carbocycles. The molecule has 2 rings (SSSR count). The van der Waals surface area contributed by atoms with Crippen molar-refractivity contribution in [1.29, 1.82) is 0 Å². The summed E-state index contributed by atoms with van der Waals surface area (Å²) in [4.78, 5) is 11.8. The minimum atomic E-state index is 0.0387. The number of amides is 1. The maximum atomic E-state index is 11.8. The van der Waals surface area contributed by atoms with Gasteiger partial charge in [0, 0.05) is 18.2 Å². The first-order chi connectivity index (χ1) is 10.6. The van der Waals surface area contributed by atoms with E-state index in [1.54, 1.807) is 12.1 Å². The predicted molar refractivity (Wildman–Crippen MR) is 88.9 cm³/mol. The molecule has 0 aromatic heterocycles. The first kappa shape index (κ1) is 15.9. The van der Waals surface area contributed by atoms with Gasteiger partial charge in [-0.3, -0.25) is 4.79 Å². The van der Waals surface area contributed by atoms with Gasteiger partial charge in [-0.1, -0.05) is 35.9 Å². The van der Waals surface area contributed by atoms with Crippen LogP contribution in [0.2, 0.25) is 0 Å². The fraction of sp³-hybridized carbons (Fsp3) is 0.278. The van der Waals surface area contributed by atoms with E-state index in [-0.39, 0.29) is 5.91 Å². The molecule has 0 saturated carbocycles. The van der Waals surface area contributed by atoms with Crippen LogP contribution in [0.5, 0.6) is 5.75 Å². The van der Waals surface area contributed by atoms with Crippen molar-refractivity contribution in [3.05, 3.63) is 59.7 Å². The molecule has 0 bridgehead atoms. The van der Waals surface area contributed by atoms with Crippen LogP contribution < -0.4 is 15.8 Å². The Kier molecular flexibility index (Phi) is 5.83. The van der Waals surface area contributed by atoms with Crippen LogP contribution in [0.25, 0.3) is 0 Å². The summed E-state index contributed by atoms with van der Waals surface area (Å²) < 4.78 is 5.52. The van der Waals surface area contributed by atoms with Crippen molar-refractivity contribution in [2.45, 2.75) is 19.8 Å². The zero-order valence-electron chi connectivity index (χ0n) is 12.8. The summed E-state index contributed by atoms with van der Waals surface area (Å²) in [5.41, 5.74) is 8.74. The Balaban J connectivity index is 1.62. The molecule has 4 nitrogen and oxygen atoms in total. The zero-order valence-corrected chi connectivity index (χ0v) is 12.8. The average Bonchev–Trinajstić information content (AvgIpc) is 2.51. The van der Waals surface area contributed by atoms with Crippen molar-refractivity contribution in [2.75, 3.05) is 18.9 Å².